The summed E-state index contributed by atoms with van der Waals surface area (Å²) in [7, 11) is -3.20. The molecule has 47 valence electrons. The third-order valence-electron chi connectivity index (χ3n) is 0.238. The number of hydrogen-bond donors (Lipinski definition) is 2. The molecule has 0 spiro atoms. The molecule has 7 heteroatoms. The minimum Gasteiger partial charge on any atom is 0 e. The zero-order chi connectivity index (χ0) is 5.21. The van der Waals surface area contributed by atoms with E-state index < -0.39 is 7.82 Å². The van der Waals surface area contributed by atoms with E-state index in [9.17, 15) is 4.57 Å². The summed E-state index contributed by atoms with van der Waals surface area (Å²) in [5, 5.41) is 0. The molecule has 0 saturated carbocycles. The van der Waals surface area contributed by atoms with Crippen molar-refractivity contribution in [2.24, 2.45) is 0 Å². The molecular weight excluding hydrogens is 169 g/mol. The zero-order valence-corrected chi connectivity index (χ0v) is 5.61. The number of hydrogen-bond acceptors (Lipinski definition) is 2. The fourth-order valence-electron chi connectivity index (χ4n) is 0. The van der Waals surface area contributed by atoms with Crippen molar-refractivity contribution in [3.8, 4) is 0 Å². The van der Waals surface area contributed by atoms with Crippen molar-refractivity contribution in [3.05, 3.63) is 0 Å². The Morgan fingerprint density at radius 2 is 1.62 bits per heavy atom. The van der Waals surface area contributed by atoms with Gasteiger partial charge in [0.05, 0.1) is 0 Å². The quantitative estimate of drug-likeness (QED) is 0.399. The van der Waals surface area contributed by atoms with E-state index in [1.165, 1.54) is 0 Å². The predicted molar refractivity (Wildman–Crippen MR) is 26.2 cm³/mol. The van der Waals surface area contributed by atoms with E-state index in [0.717, 1.165) is 7.11 Å². The van der Waals surface area contributed by atoms with E-state index in [1.807, 2.05) is 0 Å². The molecule has 0 fully saturated rings. The van der Waals surface area contributed by atoms with Gasteiger partial charge in [0.15, 0.2) is 0 Å². The Morgan fingerprint density at radius 3 is 1.62 bits per heavy atom. The van der Waals surface area contributed by atoms with E-state index in [1.54, 1.807) is 0 Å². The standard InChI is InChI=1S/CH5O4P.Li.Mn.H/c1-5-6(2,3)4;;;/h1H3,(H2,2,3,4);;;. The van der Waals surface area contributed by atoms with Crippen LogP contribution in [0.15, 0.2) is 0 Å². The average Bonchev–Trinajstić information content (AvgIpc) is 1.35. The van der Waals surface area contributed by atoms with Crippen LogP contribution in [-0.4, -0.2) is 35.8 Å². The molecular formula is CH6LiMnO4P. The fraction of sp³-hybridized carbons (Fsp3) is 1.00. The van der Waals surface area contributed by atoms with Crippen LogP contribution in [0, 0.1) is 0 Å². The minimum absolute atomic E-state index is 0. The molecule has 0 saturated heterocycles. The Hall–Kier alpha value is 1.23. The third kappa shape index (κ3) is 15.7. The first-order valence-electron chi connectivity index (χ1n) is 1.17. The van der Waals surface area contributed by atoms with Gasteiger partial charge >= 0.3 is 26.7 Å². The van der Waals surface area contributed by atoms with Crippen molar-refractivity contribution in [1.29, 1.82) is 0 Å². The van der Waals surface area contributed by atoms with Crippen LogP contribution in [0.3, 0.4) is 0 Å². The van der Waals surface area contributed by atoms with Crippen LogP contribution in [0.4, 0.5) is 0 Å². The Bertz CT molecular complexity index is 80.1. The molecule has 0 aliphatic carbocycles. The fourth-order valence-corrected chi connectivity index (χ4v) is 0. The second-order valence-corrected chi connectivity index (χ2v) is 2.02. The molecule has 0 atom stereocenters. The predicted octanol–water partition coefficient (Wildman–Crippen LogP) is -0.926. The van der Waals surface area contributed by atoms with Crippen molar-refractivity contribution in [1.82, 2.24) is 0 Å². The van der Waals surface area contributed by atoms with E-state index >= 15 is 0 Å². The largest absolute Gasteiger partial charge is 0 e. The smallest absolute Gasteiger partial charge is 0 e. The molecule has 2 N–H and O–H groups in total. The topological polar surface area (TPSA) is 66.8 Å². The summed E-state index contributed by atoms with van der Waals surface area (Å²) in [6, 6.07) is 0. The van der Waals surface area contributed by atoms with Crippen molar-refractivity contribution in [3.63, 3.8) is 0 Å². The van der Waals surface area contributed by atoms with Crippen molar-refractivity contribution >= 4 is 26.7 Å². The van der Waals surface area contributed by atoms with Gasteiger partial charge in [-0.15, -0.1) is 0 Å². The van der Waals surface area contributed by atoms with Gasteiger partial charge in [0.2, 0.25) is 0 Å². The molecule has 1 radical (unpaired) electrons. The van der Waals surface area contributed by atoms with Crippen LogP contribution in [0.2, 0.25) is 0 Å². The first-order chi connectivity index (χ1) is 2.56. The van der Waals surface area contributed by atoms with Crippen molar-refractivity contribution in [2.75, 3.05) is 7.11 Å². The number of phosphoric ester groups is 1. The van der Waals surface area contributed by atoms with Gasteiger partial charge < -0.3 is 9.79 Å². The first kappa shape index (κ1) is 16.1. The summed E-state index contributed by atoms with van der Waals surface area (Å²) in [6.07, 6.45) is 0. The molecule has 0 aromatic heterocycles. The minimum atomic E-state index is -4.15. The molecule has 0 unspecified atom stereocenters. The molecule has 0 aliphatic heterocycles. The average molecular weight is 175 g/mol. The van der Waals surface area contributed by atoms with Gasteiger partial charge in [0.25, 0.3) is 0 Å². The Kier molecular flexibility index (Phi) is 12.8. The van der Waals surface area contributed by atoms with Gasteiger partial charge in [-0.25, -0.2) is 4.57 Å². The molecule has 0 rings (SSSR count). The van der Waals surface area contributed by atoms with E-state index in [0.29, 0.717) is 0 Å². The van der Waals surface area contributed by atoms with E-state index in [-0.39, 0.29) is 35.9 Å². The summed E-state index contributed by atoms with van der Waals surface area (Å²) in [6.45, 7) is 0. The maximum Gasteiger partial charge on any atom is 0 e. The first-order valence-corrected chi connectivity index (χ1v) is 2.70. The third-order valence-corrected chi connectivity index (χ3v) is 0.714. The van der Waals surface area contributed by atoms with Crippen LogP contribution in [0.25, 0.3) is 0 Å². The summed E-state index contributed by atoms with van der Waals surface area (Å²) in [5.41, 5.74) is 0. The van der Waals surface area contributed by atoms with Crippen LogP contribution in [0.5, 0.6) is 0 Å². The van der Waals surface area contributed by atoms with Crippen molar-refractivity contribution < 1.29 is 35.9 Å². The van der Waals surface area contributed by atoms with Crippen LogP contribution >= 0.6 is 7.82 Å². The van der Waals surface area contributed by atoms with Gasteiger partial charge in [-0.3, -0.25) is 4.52 Å². The summed E-state index contributed by atoms with van der Waals surface area (Å²) < 4.78 is 13.1. The number of rotatable bonds is 1. The second-order valence-electron chi connectivity index (χ2n) is 0.673. The van der Waals surface area contributed by atoms with E-state index in [4.69, 9.17) is 9.79 Å². The Balaban J connectivity index is -0.000000125. The summed E-state index contributed by atoms with van der Waals surface area (Å²) in [4.78, 5) is 15.4. The molecule has 0 bridgehead atoms. The van der Waals surface area contributed by atoms with Gasteiger partial charge in [-0.1, -0.05) is 0 Å². The molecule has 0 aromatic rings. The SMILES string of the molecule is COP(=O)(O)O.[LiH].[Mn]. The van der Waals surface area contributed by atoms with E-state index in [2.05, 4.69) is 4.52 Å². The Labute approximate surface area is 69.9 Å². The second kappa shape index (κ2) is 6.35. The molecule has 0 aromatic carbocycles. The van der Waals surface area contributed by atoms with Crippen LogP contribution < -0.4 is 0 Å². The molecule has 4 nitrogen and oxygen atoms in total. The van der Waals surface area contributed by atoms with Gasteiger partial charge in [0, 0.05) is 24.2 Å². The monoisotopic (exact) mass is 175 g/mol. The maximum atomic E-state index is 9.47. The van der Waals surface area contributed by atoms with Gasteiger partial charge in [0.1, 0.15) is 0 Å². The molecule has 0 amide bonds. The summed E-state index contributed by atoms with van der Waals surface area (Å²) >= 11 is 0. The summed E-state index contributed by atoms with van der Waals surface area (Å²) in [5.74, 6) is 0. The number of phosphoric acid groups is 1. The maximum absolute atomic E-state index is 9.47. The van der Waals surface area contributed by atoms with Crippen LogP contribution in [0.1, 0.15) is 0 Å². The van der Waals surface area contributed by atoms with Gasteiger partial charge in [-0.05, 0) is 0 Å². The molecule has 0 heterocycles. The van der Waals surface area contributed by atoms with Gasteiger partial charge in [-0.2, -0.15) is 0 Å². The normalized spacial score (nSPS) is 8.88. The van der Waals surface area contributed by atoms with Crippen molar-refractivity contribution in [2.45, 2.75) is 0 Å². The molecule has 0 aliphatic rings. The molecule has 8 heavy (non-hydrogen) atoms. The Morgan fingerprint density at radius 1 is 1.50 bits per heavy atom. The zero-order valence-electron chi connectivity index (χ0n) is 3.54. The van der Waals surface area contributed by atoms with Crippen LogP contribution in [-0.2, 0) is 26.2 Å².